The number of hydrogen-bond donors (Lipinski definition) is 0. The number of ether oxygens (including phenoxy) is 2. The predicted molar refractivity (Wildman–Crippen MR) is 117 cm³/mol. The highest BCUT2D eigenvalue weighted by Crippen LogP contribution is 2.19. The lowest BCUT2D eigenvalue weighted by molar-refractivity contribution is 0.0504. The molecule has 0 aliphatic carbocycles. The molecule has 0 atom stereocenters. The maximum absolute atomic E-state index is 12.1. The van der Waals surface area contributed by atoms with Gasteiger partial charge in [0.05, 0.1) is 24.2 Å². The van der Waals surface area contributed by atoms with Crippen molar-refractivity contribution in [1.29, 1.82) is 0 Å². The summed E-state index contributed by atoms with van der Waals surface area (Å²) in [6, 6.07) is 25.0. The van der Waals surface area contributed by atoms with Crippen molar-refractivity contribution in [2.24, 2.45) is 0 Å². The van der Waals surface area contributed by atoms with Gasteiger partial charge in [-0.1, -0.05) is 54.1 Å². The lowest BCUT2D eigenvalue weighted by Gasteiger charge is -2.24. The van der Waals surface area contributed by atoms with Crippen LogP contribution < -0.4 is 4.90 Å². The van der Waals surface area contributed by atoms with Crippen LogP contribution in [0.5, 0.6) is 0 Å². The minimum absolute atomic E-state index is 0.187. The van der Waals surface area contributed by atoms with E-state index in [4.69, 9.17) is 21.1 Å². The van der Waals surface area contributed by atoms with Crippen molar-refractivity contribution >= 4 is 29.2 Å². The summed E-state index contributed by atoms with van der Waals surface area (Å²) in [4.78, 5) is 26.3. The van der Waals surface area contributed by atoms with Gasteiger partial charge in [0.25, 0.3) is 0 Å². The zero-order chi connectivity index (χ0) is 21.2. The molecule has 3 aromatic rings. The maximum atomic E-state index is 12.1. The van der Waals surface area contributed by atoms with Gasteiger partial charge in [0, 0.05) is 10.7 Å². The molecule has 30 heavy (non-hydrogen) atoms. The number of carbonyl (C=O) groups excluding carboxylic acids is 2. The summed E-state index contributed by atoms with van der Waals surface area (Å²) in [6.45, 7) is 1.24. The van der Waals surface area contributed by atoms with Crippen LogP contribution >= 0.6 is 11.6 Å². The molecule has 0 aliphatic rings. The second-order valence-corrected chi connectivity index (χ2v) is 6.91. The topological polar surface area (TPSA) is 55.8 Å². The van der Waals surface area contributed by atoms with Gasteiger partial charge in [-0.15, -0.1) is 0 Å². The van der Waals surface area contributed by atoms with E-state index in [1.54, 1.807) is 54.6 Å². The number of nitrogens with zero attached hydrogens (tertiary/aromatic N) is 1. The molecule has 3 rings (SSSR count). The average Bonchev–Trinajstić information content (AvgIpc) is 2.79. The molecular weight excluding hydrogens is 402 g/mol. The van der Waals surface area contributed by atoms with Gasteiger partial charge in [0.15, 0.2) is 0 Å². The van der Waals surface area contributed by atoms with Crippen LogP contribution in [0.25, 0.3) is 0 Å². The van der Waals surface area contributed by atoms with Crippen LogP contribution in [0.3, 0.4) is 0 Å². The summed E-state index contributed by atoms with van der Waals surface area (Å²) in [7, 11) is 0. The zero-order valence-corrected chi connectivity index (χ0v) is 17.1. The zero-order valence-electron chi connectivity index (χ0n) is 16.4. The summed E-state index contributed by atoms with van der Waals surface area (Å²) in [5, 5.41) is 0.597. The molecule has 0 saturated heterocycles. The fourth-order valence-electron chi connectivity index (χ4n) is 2.86. The summed E-state index contributed by atoms with van der Waals surface area (Å²) >= 11 is 6.12. The first kappa shape index (κ1) is 21.4. The molecule has 0 unspecified atom stereocenters. The van der Waals surface area contributed by atoms with E-state index in [-0.39, 0.29) is 25.2 Å². The van der Waals surface area contributed by atoms with Crippen molar-refractivity contribution < 1.29 is 19.1 Å². The Kier molecular flexibility index (Phi) is 7.86. The van der Waals surface area contributed by atoms with Crippen molar-refractivity contribution in [1.82, 2.24) is 0 Å². The molecular formula is C24H22ClNO4. The minimum atomic E-state index is -0.378. The Morgan fingerprint density at radius 3 is 1.67 bits per heavy atom. The molecule has 3 aromatic carbocycles. The molecule has 0 heterocycles. The van der Waals surface area contributed by atoms with E-state index in [2.05, 4.69) is 0 Å². The summed E-state index contributed by atoms with van der Waals surface area (Å²) in [6.07, 6.45) is 0. The van der Waals surface area contributed by atoms with Crippen molar-refractivity contribution in [2.75, 3.05) is 31.2 Å². The number of rotatable bonds is 9. The van der Waals surface area contributed by atoms with E-state index < -0.39 is 0 Å². The Morgan fingerprint density at radius 2 is 1.20 bits per heavy atom. The Labute approximate surface area is 180 Å². The van der Waals surface area contributed by atoms with Crippen LogP contribution in [0, 0.1) is 0 Å². The molecule has 0 aliphatic heterocycles. The van der Waals surface area contributed by atoms with Gasteiger partial charge in [-0.05, 0) is 42.5 Å². The van der Waals surface area contributed by atoms with Gasteiger partial charge in [0.2, 0.25) is 0 Å². The number of carbonyl (C=O) groups is 2. The first-order valence-corrected chi connectivity index (χ1v) is 9.96. The second-order valence-electron chi connectivity index (χ2n) is 6.47. The first-order chi connectivity index (χ1) is 14.6. The molecule has 5 nitrogen and oxygen atoms in total. The number of hydrogen-bond acceptors (Lipinski definition) is 5. The van der Waals surface area contributed by atoms with E-state index in [9.17, 15) is 9.59 Å². The molecule has 6 heteroatoms. The molecule has 0 spiro atoms. The van der Waals surface area contributed by atoms with E-state index in [1.165, 1.54) is 0 Å². The number of halogens is 1. The fraction of sp³-hybridized carbons (Fsp3) is 0.167. The van der Waals surface area contributed by atoms with Gasteiger partial charge in [0.1, 0.15) is 13.2 Å². The van der Waals surface area contributed by atoms with Gasteiger partial charge >= 0.3 is 11.9 Å². The Morgan fingerprint density at radius 1 is 0.700 bits per heavy atom. The van der Waals surface area contributed by atoms with Gasteiger partial charge < -0.3 is 14.4 Å². The standard InChI is InChI=1S/C24H22ClNO4/c25-21-12-7-13-22(18-21)26(14-16-29-23(27)19-8-3-1-4-9-19)15-17-30-24(28)20-10-5-2-6-11-20/h1-13,18H,14-17H2. The SMILES string of the molecule is O=C(OCCN(CCOC(=O)c1ccccc1)c1cccc(Cl)c1)c1ccccc1. The van der Waals surface area contributed by atoms with E-state index in [0.717, 1.165) is 5.69 Å². The smallest absolute Gasteiger partial charge is 0.338 e. The molecule has 0 bridgehead atoms. The van der Waals surface area contributed by atoms with Crippen molar-refractivity contribution in [2.45, 2.75) is 0 Å². The van der Waals surface area contributed by atoms with Crippen LogP contribution in [0.2, 0.25) is 5.02 Å². The monoisotopic (exact) mass is 423 g/mol. The van der Waals surface area contributed by atoms with Gasteiger partial charge in [-0.3, -0.25) is 0 Å². The molecule has 0 amide bonds. The van der Waals surface area contributed by atoms with Crippen LogP contribution in [0.4, 0.5) is 5.69 Å². The molecule has 0 N–H and O–H groups in total. The molecule has 0 aromatic heterocycles. The lowest BCUT2D eigenvalue weighted by atomic mass is 10.2. The second kappa shape index (κ2) is 11.0. The van der Waals surface area contributed by atoms with Gasteiger partial charge in [-0.25, -0.2) is 9.59 Å². The summed E-state index contributed by atoms with van der Waals surface area (Å²) < 4.78 is 10.8. The lowest BCUT2D eigenvalue weighted by Crippen LogP contribution is -2.32. The van der Waals surface area contributed by atoms with Crippen LogP contribution in [0.15, 0.2) is 84.9 Å². The fourth-order valence-corrected chi connectivity index (χ4v) is 3.04. The average molecular weight is 424 g/mol. The highest BCUT2D eigenvalue weighted by Gasteiger charge is 2.12. The normalized spacial score (nSPS) is 10.3. The van der Waals surface area contributed by atoms with Crippen LogP contribution in [0.1, 0.15) is 20.7 Å². The van der Waals surface area contributed by atoms with E-state index >= 15 is 0 Å². The minimum Gasteiger partial charge on any atom is -0.460 e. The third-order valence-corrected chi connectivity index (χ3v) is 4.62. The van der Waals surface area contributed by atoms with Crippen LogP contribution in [-0.4, -0.2) is 38.2 Å². The quantitative estimate of drug-likeness (QED) is 0.460. The number of anilines is 1. The van der Waals surface area contributed by atoms with Crippen molar-refractivity contribution in [3.63, 3.8) is 0 Å². The van der Waals surface area contributed by atoms with Crippen molar-refractivity contribution in [3.05, 3.63) is 101 Å². The highest BCUT2D eigenvalue weighted by molar-refractivity contribution is 6.30. The van der Waals surface area contributed by atoms with E-state index in [1.807, 2.05) is 35.2 Å². The maximum Gasteiger partial charge on any atom is 0.338 e. The summed E-state index contributed by atoms with van der Waals surface area (Å²) in [5.74, 6) is -0.755. The largest absolute Gasteiger partial charge is 0.460 e. The molecule has 0 fully saturated rings. The highest BCUT2D eigenvalue weighted by atomic mass is 35.5. The van der Waals surface area contributed by atoms with Crippen LogP contribution in [-0.2, 0) is 9.47 Å². The Balaban J connectivity index is 1.56. The third kappa shape index (κ3) is 6.36. The number of benzene rings is 3. The molecule has 0 radical (unpaired) electrons. The first-order valence-electron chi connectivity index (χ1n) is 9.58. The van der Waals surface area contributed by atoms with Crippen molar-refractivity contribution in [3.8, 4) is 0 Å². The summed E-state index contributed by atoms with van der Waals surface area (Å²) in [5.41, 5.74) is 1.86. The predicted octanol–water partition coefficient (Wildman–Crippen LogP) is 4.86. The Bertz CT molecular complexity index is 906. The molecule has 154 valence electrons. The third-order valence-electron chi connectivity index (χ3n) is 4.38. The van der Waals surface area contributed by atoms with Gasteiger partial charge in [-0.2, -0.15) is 0 Å². The Hall–Kier alpha value is -3.31. The number of esters is 2. The van der Waals surface area contributed by atoms with E-state index in [0.29, 0.717) is 29.2 Å². The molecule has 0 saturated carbocycles.